The lowest BCUT2D eigenvalue weighted by Crippen LogP contribution is -2.45. The monoisotopic (exact) mass is 324 g/mol. The van der Waals surface area contributed by atoms with Crippen molar-refractivity contribution in [3.05, 3.63) is 65.7 Å². The normalized spacial score (nSPS) is 17.5. The van der Waals surface area contributed by atoms with Crippen LogP contribution in [0.5, 0.6) is 0 Å². The maximum atomic E-state index is 12.4. The van der Waals surface area contributed by atoms with Gasteiger partial charge in [-0.05, 0) is 37.5 Å². The predicted molar refractivity (Wildman–Crippen MR) is 96.0 cm³/mol. The maximum absolute atomic E-state index is 12.4. The van der Waals surface area contributed by atoms with E-state index in [1.165, 1.54) is 11.1 Å². The van der Waals surface area contributed by atoms with Gasteiger partial charge in [0.1, 0.15) is 0 Å². The minimum atomic E-state index is -0.0511. The molecule has 1 atom stereocenters. The number of nitrogens with one attached hydrogen (secondary N) is 1. The molecule has 1 saturated heterocycles. The van der Waals surface area contributed by atoms with E-state index in [0.29, 0.717) is 13.2 Å². The van der Waals surface area contributed by atoms with Crippen LogP contribution in [0.3, 0.4) is 0 Å². The lowest BCUT2D eigenvalue weighted by molar-refractivity contribution is 0.00101. The van der Waals surface area contributed by atoms with E-state index in [1.54, 1.807) is 0 Å². The number of urea groups is 1. The Morgan fingerprint density at radius 1 is 1.17 bits per heavy atom. The Morgan fingerprint density at radius 3 is 2.67 bits per heavy atom. The number of rotatable bonds is 4. The average Bonchev–Trinajstić information content (AvgIpc) is 2.62. The van der Waals surface area contributed by atoms with Crippen molar-refractivity contribution in [2.45, 2.75) is 32.5 Å². The second-order valence-corrected chi connectivity index (χ2v) is 6.30. The van der Waals surface area contributed by atoms with E-state index in [4.69, 9.17) is 4.74 Å². The van der Waals surface area contributed by atoms with Crippen molar-refractivity contribution in [2.75, 3.05) is 18.4 Å². The van der Waals surface area contributed by atoms with Crippen molar-refractivity contribution in [1.29, 1.82) is 0 Å². The van der Waals surface area contributed by atoms with Gasteiger partial charge in [-0.2, -0.15) is 0 Å². The molecule has 2 amide bonds. The zero-order valence-electron chi connectivity index (χ0n) is 14.1. The molecule has 0 aromatic heterocycles. The van der Waals surface area contributed by atoms with Crippen molar-refractivity contribution < 1.29 is 9.53 Å². The molecule has 2 aromatic carbocycles. The summed E-state index contributed by atoms with van der Waals surface area (Å²) in [6.07, 6.45) is 2.07. The summed E-state index contributed by atoms with van der Waals surface area (Å²) < 4.78 is 6.02. The highest BCUT2D eigenvalue weighted by Crippen LogP contribution is 2.17. The first-order chi connectivity index (χ1) is 11.7. The number of carbonyl (C=O) groups is 1. The number of hydrogen-bond acceptors (Lipinski definition) is 2. The van der Waals surface area contributed by atoms with Gasteiger partial charge in [0, 0.05) is 18.8 Å². The molecule has 1 fully saturated rings. The number of piperidine rings is 1. The van der Waals surface area contributed by atoms with Gasteiger partial charge < -0.3 is 15.0 Å². The van der Waals surface area contributed by atoms with Crippen molar-refractivity contribution >= 4 is 11.7 Å². The Kier molecular flexibility index (Phi) is 5.49. The molecule has 4 nitrogen and oxygen atoms in total. The maximum Gasteiger partial charge on any atom is 0.321 e. The molecule has 2 aromatic rings. The van der Waals surface area contributed by atoms with Crippen LogP contribution in [-0.2, 0) is 11.3 Å². The van der Waals surface area contributed by atoms with Crippen LogP contribution >= 0.6 is 0 Å². The highest BCUT2D eigenvalue weighted by Gasteiger charge is 2.24. The molecule has 0 aliphatic carbocycles. The minimum absolute atomic E-state index is 0.0511. The quantitative estimate of drug-likeness (QED) is 0.915. The summed E-state index contributed by atoms with van der Waals surface area (Å²) in [6, 6.07) is 17.9. The largest absolute Gasteiger partial charge is 0.372 e. The molecule has 0 bridgehead atoms. The van der Waals surface area contributed by atoms with Crippen molar-refractivity contribution in [2.24, 2.45) is 0 Å². The van der Waals surface area contributed by atoms with E-state index in [9.17, 15) is 4.79 Å². The van der Waals surface area contributed by atoms with Gasteiger partial charge in [-0.25, -0.2) is 4.79 Å². The van der Waals surface area contributed by atoms with Gasteiger partial charge in [-0.3, -0.25) is 0 Å². The van der Waals surface area contributed by atoms with Crippen LogP contribution in [0.15, 0.2) is 54.6 Å². The van der Waals surface area contributed by atoms with Crippen LogP contribution in [0.4, 0.5) is 10.5 Å². The topological polar surface area (TPSA) is 41.6 Å². The van der Waals surface area contributed by atoms with Crippen LogP contribution < -0.4 is 5.32 Å². The van der Waals surface area contributed by atoms with Crippen molar-refractivity contribution in [3.8, 4) is 0 Å². The van der Waals surface area contributed by atoms with Gasteiger partial charge in [-0.1, -0.05) is 48.0 Å². The third kappa shape index (κ3) is 4.59. The fraction of sp³-hybridized carbons (Fsp3) is 0.350. The molecule has 24 heavy (non-hydrogen) atoms. The van der Waals surface area contributed by atoms with Crippen LogP contribution in [0, 0.1) is 6.92 Å². The van der Waals surface area contributed by atoms with Crippen LogP contribution in [0.1, 0.15) is 24.0 Å². The first-order valence-corrected chi connectivity index (χ1v) is 8.49. The van der Waals surface area contributed by atoms with Crippen LogP contribution in [-0.4, -0.2) is 30.1 Å². The van der Waals surface area contributed by atoms with E-state index < -0.39 is 0 Å². The third-order valence-electron chi connectivity index (χ3n) is 4.30. The van der Waals surface area contributed by atoms with Gasteiger partial charge in [-0.15, -0.1) is 0 Å². The van der Waals surface area contributed by atoms with E-state index in [2.05, 4.69) is 36.5 Å². The number of ether oxygens (including phenoxy) is 1. The number of aryl methyl sites for hydroxylation is 1. The lowest BCUT2D eigenvalue weighted by atomic mass is 10.1. The van der Waals surface area contributed by atoms with Crippen molar-refractivity contribution in [1.82, 2.24) is 4.90 Å². The first-order valence-electron chi connectivity index (χ1n) is 8.49. The van der Waals surface area contributed by atoms with E-state index in [1.807, 2.05) is 35.2 Å². The van der Waals surface area contributed by atoms with Gasteiger partial charge >= 0.3 is 6.03 Å². The highest BCUT2D eigenvalue weighted by atomic mass is 16.5. The number of amides is 2. The summed E-state index contributed by atoms with van der Waals surface area (Å²) in [5, 5.41) is 2.94. The molecule has 0 spiro atoms. The molecule has 0 radical (unpaired) electrons. The molecule has 0 unspecified atom stereocenters. The van der Waals surface area contributed by atoms with Gasteiger partial charge in [0.05, 0.1) is 12.7 Å². The fourth-order valence-corrected chi connectivity index (χ4v) is 2.88. The molecule has 3 rings (SSSR count). The first kappa shape index (κ1) is 16.5. The molecular formula is C20H24N2O2. The number of nitrogens with zero attached hydrogens (tertiary/aromatic N) is 1. The summed E-state index contributed by atoms with van der Waals surface area (Å²) in [7, 11) is 0. The highest BCUT2D eigenvalue weighted by molar-refractivity contribution is 5.89. The number of benzene rings is 2. The Balaban J connectivity index is 1.50. The Labute approximate surface area is 143 Å². The summed E-state index contributed by atoms with van der Waals surface area (Å²) >= 11 is 0. The van der Waals surface area contributed by atoms with E-state index in [-0.39, 0.29) is 12.1 Å². The van der Waals surface area contributed by atoms with Crippen molar-refractivity contribution in [3.63, 3.8) is 0 Å². The van der Waals surface area contributed by atoms with Gasteiger partial charge in [0.2, 0.25) is 0 Å². The smallest absolute Gasteiger partial charge is 0.321 e. The number of para-hydroxylation sites is 1. The van der Waals surface area contributed by atoms with Crippen LogP contribution in [0.25, 0.3) is 0 Å². The molecule has 0 saturated carbocycles. The van der Waals surface area contributed by atoms with Gasteiger partial charge in [0.25, 0.3) is 0 Å². The molecule has 126 valence electrons. The van der Waals surface area contributed by atoms with Gasteiger partial charge in [0.15, 0.2) is 0 Å². The minimum Gasteiger partial charge on any atom is -0.372 e. The number of anilines is 1. The molecular weight excluding hydrogens is 300 g/mol. The Hall–Kier alpha value is -2.33. The number of likely N-dealkylation sites (tertiary alicyclic amines) is 1. The summed E-state index contributed by atoms with van der Waals surface area (Å²) in [5.41, 5.74) is 3.25. The number of carbonyl (C=O) groups excluding carboxylic acids is 1. The molecule has 1 N–H and O–H groups in total. The molecule has 1 aliphatic heterocycles. The molecule has 4 heteroatoms. The zero-order valence-corrected chi connectivity index (χ0v) is 14.1. The van der Waals surface area contributed by atoms with E-state index >= 15 is 0 Å². The lowest BCUT2D eigenvalue weighted by Gasteiger charge is -2.32. The summed E-state index contributed by atoms with van der Waals surface area (Å²) in [5.74, 6) is 0. The number of hydrogen-bond donors (Lipinski definition) is 1. The zero-order chi connectivity index (χ0) is 16.8. The SMILES string of the molecule is Cc1ccc(CO[C@@H]2CCCN(C(=O)Nc3ccccc3)C2)cc1. The average molecular weight is 324 g/mol. The molecule has 1 heterocycles. The van der Waals surface area contributed by atoms with E-state index in [0.717, 1.165) is 25.1 Å². The Morgan fingerprint density at radius 2 is 1.92 bits per heavy atom. The fourth-order valence-electron chi connectivity index (χ4n) is 2.88. The summed E-state index contributed by atoms with van der Waals surface area (Å²) in [6.45, 7) is 4.10. The third-order valence-corrected chi connectivity index (χ3v) is 4.30. The standard InChI is InChI=1S/C20H24N2O2/c1-16-9-11-17(12-10-16)15-24-19-8-5-13-22(14-19)20(23)21-18-6-3-2-4-7-18/h2-4,6-7,9-12,19H,5,8,13-15H2,1H3,(H,21,23)/t19-/m1/s1. The second-order valence-electron chi connectivity index (χ2n) is 6.30. The molecule has 1 aliphatic rings. The Bertz CT molecular complexity index is 655. The predicted octanol–water partition coefficient (Wildman–Crippen LogP) is 4.21. The second kappa shape index (κ2) is 7.97. The summed E-state index contributed by atoms with van der Waals surface area (Å²) in [4.78, 5) is 14.2. The van der Waals surface area contributed by atoms with Crippen LogP contribution in [0.2, 0.25) is 0 Å².